The summed E-state index contributed by atoms with van der Waals surface area (Å²) >= 11 is 5.71. The van der Waals surface area contributed by atoms with E-state index in [9.17, 15) is 4.79 Å². The van der Waals surface area contributed by atoms with E-state index in [-0.39, 0.29) is 22.9 Å². The van der Waals surface area contributed by atoms with Gasteiger partial charge >= 0.3 is 0 Å². The van der Waals surface area contributed by atoms with Gasteiger partial charge in [0.2, 0.25) is 5.95 Å². The summed E-state index contributed by atoms with van der Waals surface area (Å²) in [4.78, 5) is 23.1. The lowest BCUT2D eigenvalue weighted by Crippen LogP contribution is -2.40. The molecule has 7 nitrogen and oxygen atoms in total. The summed E-state index contributed by atoms with van der Waals surface area (Å²) in [6, 6.07) is 3.60. The zero-order valence-corrected chi connectivity index (χ0v) is 16.0. The van der Waals surface area contributed by atoms with E-state index in [1.807, 2.05) is 32.1 Å². The average Bonchev–Trinajstić information content (AvgIpc) is 3.05. The molecular weight excluding hydrogens is 354 g/mol. The van der Waals surface area contributed by atoms with Crippen LogP contribution in [0.4, 0.5) is 11.8 Å². The van der Waals surface area contributed by atoms with Crippen LogP contribution in [0.2, 0.25) is 5.22 Å². The van der Waals surface area contributed by atoms with Gasteiger partial charge in [-0.25, -0.2) is 4.98 Å². The van der Waals surface area contributed by atoms with Crippen LogP contribution in [0.25, 0.3) is 0 Å². The fourth-order valence-corrected chi connectivity index (χ4v) is 3.36. The normalized spacial score (nSPS) is 19.8. The molecule has 0 bridgehead atoms. The van der Waals surface area contributed by atoms with Gasteiger partial charge in [0, 0.05) is 37.9 Å². The molecule has 0 radical (unpaired) electrons. The van der Waals surface area contributed by atoms with Gasteiger partial charge in [-0.15, -0.1) is 0 Å². The lowest BCUT2D eigenvalue weighted by atomic mass is 9.91. The van der Waals surface area contributed by atoms with Crippen molar-refractivity contribution in [2.45, 2.75) is 44.7 Å². The van der Waals surface area contributed by atoms with Crippen LogP contribution in [-0.4, -0.2) is 42.1 Å². The summed E-state index contributed by atoms with van der Waals surface area (Å²) in [6.45, 7) is 2.00. The van der Waals surface area contributed by atoms with Crippen LogP contribution in [0, 0.1) is 6.92 Å². The molecule has 1 fully saturated rings. The quantitative estimate of drug-likeness (QED) is 0.832. The van der Waals surface area contributed by atoms with Crippen molar-refractivity contribution < 1.29 is 9.21 Å². The minimum Gasteiger partial charge on any atom is -0.440 e. The maximum Gasteiger partial charge on any atom is 0.287 e. The van der Waals surface area contributed by atoms with E-state index in [1.54, 1.807) is 12.1 Å². The van der Waals surface area contributed by atoms with E-state index in [4.69, 9.17) is 16.0 Å². The van der Waals surface area contributed by atoms with Gasteiger partial charge in [-0.1, -0.05) is 0 Å². The predicted octanol–water partition coefficient (Wildman–Crippen LogP) is 3.25. The van der Waals surface area contributed by atoms with Gasteiger partial charge in [-0.05, 0) is 56.3 Å². The number of halogens is 1. The molecule has 2 aromatic rings. The van der Waals surface area contributed by atoms with Crippen molar-refractivity contribution in [2.24, 2.45) is 0 Å². The largest absolute Gasteiger partial charge is 0.440 e. The molecule has 26 heavy (non-hydrogen) atoms. The van der Waals surface area contributed by atoms with Gasteiger partial charge in [0.05, 0.1) is 0 Å². The third-order valence-electron chi connectivity index (χ3n) is 4.56. The molecule has 3 rings (SSSR count). The first kappa shape index (κ1) is 18.5. The highest BCUT2D eigenvalue weighted by Crippen LogP contribution is 2.23. The van der Waals surface area contributed by atoms with Crippen LogP contribution in [0.1, 0.15) is 41.8 Å². The number of nitrogens with one attached hydrogen (secondary N) is 2. The number of rotatable bonds is 5. The zero-order chi connectivity index (χ0) is 18.7. The summed E-state index contributed by atoms with van der Waals surface area (Å²) in [5.74, 6) is 1.60. The lowest BCUT2D eigenvalue weighted by Gasteiger charge is -2.29. The second kappa shape index (κ2) is 7.95. The van der Waals surface area contributed by atoms with Crippen molar-refractivity contribution in [1.82, 2.24) is 15.3 Å². The molecule has 1 aliphatic rings. The van der Waals surface area contributed by atoms with Crippen molar-refractivity contribution in [3.05, 3.63) is 34.9 Å². The average molecular weight is 378 g/mol. The Kier molecular flexibility index (Phi) is 5.66. The highest BCUT2D eigenvalue weighted by molar-refractivity contribution is 6.29. The fourth-order valence-electron chi connectivity index (χ4n) is 3.21. The Morgan fingerprint density at radius 2 is 1.92 bits per heavy atom. The van der Waals surface area contributed by atoms with Gasteiger partial charge in [-0.2, -0.15) is 4.98 Å². The van der Waals surface area contributed by atoms with Crippen molar-refractivity contribution in [3.63, 3.8) is 0 Å². The van der Waals surface area contributed by atoms with Gasteiger partial charge in [0.15, 0.2) is 11.0 Å². The van der Waals surface area contributed by atoms with Crippen molar-refractivity contribution in [2.75, 3.05) is 24.3 Å². The number of furan rings is 1. The Morgan fingerprint density at radius 3 is 2.54 bits per heavy atom. The number of aromatic nitrogens is 2. The molecular formula is C18H24ClN5O2. The monoisotopic (exact) mass is 377 g/mol. The molecule has 8 heteroatoms. The number of aryl methyl sites for hydroxylation is 1. The number of hydrogen-bond acceptors (Lipinski definition) is 6. The van der Waals surface area contributed by atoms with Gasteiger partial charge < -0.3 is 20.0 Å². The molecule has 0 unspecified atom stereocenters. The SMILES string of the molecule is Cc1cnc(NC2CCC(NC(=O)c3ccc(Cl)o3)CC2)nc1N(C)C. The minimum atomic E-state index is -0.217. The second-order valence-corrected chi connectivity index (χ2v) is 7.24. The van der Waals surface area contributed by atoms with E-state index < -0.39 is 0 Å². The van der Waals surface area contributed by atoms with Crippen LogP contribution >= 0.6 is 11.6 Å². The molecule has 1 saturated carbocycles. The molecule has 2 heterocycles. The first-order valence-electron chi connectivity index (χ1n) is 8.76. The maximum atomic E-state index is 12.1. The molecule has 0 aromatic carbocycles. The van der Waals surface area contributed by atoms with E-state index in [0.29, 0.717) is 12.0 Å². The van der Waals surface area contributed by atoms with Crippen LogP contribution in [0.3, 0.4) is 0 Å². The van der Waals surface area contributed by atoms with Crippen molar-refractivity contribution in [1.29, 1.82) is 0 Å². The Balaban J connectivity index is 1.51. The molecule has 2 N–H and O–H groups in total. The lowest BCUT2D eigenvalue weighted by molar-refractivity contribution is 0.0898. The van der Waals surface area contributed by atoms with Gasteiger partial charge in [0.1, 0.15) is 5.82 Å². The van der Waals surface area contributed by atoms with Crippen LogP contribution in [0.15, 0.2) is 22.7 Å². The molecule has 2 aromatic heterocycles. The number of carbonyl (C=O) groups is 1. The second-order valence-electron chi connectivity index (χ2n) is 6.86. The number of hydrogen-bond donors (Lipinski definition) is 2. The smallest absolute Gasteiger partial charge is 0.287 e. The third-order valence-corrected chi connectivity index (χ3v) is 4.76. The summed E-state index contributed by atoms with van der Waals surface area (Å²) in [5.41, 5.74) is 1.05. The van der Waals surface area contributed by atoms with E-state index in [2.05, 4.69) is 20.6 Å². The van der Waals surface area contributed by atoms with Crippen LogP contribution in [-0.2, 0) is 0 Å². The Morgan fingerprint density at radius 1 is 1.23 bits per heavy atom. The zero-order valence-electron chi connectivity index (χ0n) is 15.3. The third kappa shape index (κ3) is 4.46. The predicted molar refractivity (Wildman–Crippen MR) is 102 cm³/mol. The summed E-state index contributed by atoms with van der Waals surface area (Å²) in [6.07, 6.45) is 5.51. The summed E-state index contributed by atoms with van der Waals surface area (Å²) < 4.78 is 5.15. The standard InChI is InChI=1S/C18H24ClN5O2/c1-11-10-20-18(23-16(11)24(2)3)22-13-6-4-12(5-7-13)21-17(25)14-8-9-15(19)26-14/h8-10,12-13H,4-7H2,1-3H3,(H,21,25)(H,20,22,23). The first-order chi connectivity index (χ1) is 12.4. The minimum absolute atomic E-state index is 0.140. The molecule has 1 amide bonds. The highest BCUT2D eigenvalue weighted by Gasteiger charge is 2.24. The topological polar surface area (TPSA) is 83.3 Å². The molecule has 0 aliphatic heterocycles. The Bertz CT molecular complexity index is 769. The van der Waals surface area contributed by atoms with Crippen LogP contribution < -0.4 is 15.5 Å². The molecule has 0 spiro atoms. The molecule has 0 atom stereocenters. The van der Waals surface area contributed by atoms with Gasteiger partial charge in [-0.3, -0.25) is 4.79 Å². The number of nitrogens with zero attached hydrogens (tertiary/aromatic N) is 3. The highest BCUT2D eigenvalue weighted by atomic mass is 35.5. The molecule has 140 valence electrons. The Hall–Kier alpha value is -2.28. The van der Waals surface area contributed by atoms with Crippen LogP contribution in [0.5, 0.6) is 0 Å². The maximum absolute atomic E-state index is 12.1. The first-order valence-corrected chi connectivity index (χ1v) is 9.14. The summed E-state index contributed by atoms with van der Waals surface area (Å²) in [5, 5.41) is 6.64. The fraction of sp³-hybridized carbons (Fsp3) is 0.500. The van der Waals surface area contributed by atoms with E-state index in [1.165, 1.54) is 0 Å². The van der Waals surface area contributed by atoms with E-state index >= 15 is 0 Å². The number of anilines is 2. The Labute approximate surface area is 158 Å². The number of amides is 1. The molecule has 1 aliphatic carbocycles. The van der Waals surface area contributed by atoms with Crippen molar-refractivity contribution in [3.8, 4) is 0 Å². The summed E-state index contributed by atoms with van der Waals surface area (Å²) in [7, 11) is 3.94. The number of carbonyl (C=O) groups excluding carboxylic acids is 1. The van der Waals surface area contributed by atoms with Crippen molar-refractivity contribution >= 4 is 29.3 Å². The molecule has 0 saturated heterocycles. The van der Waals surface area contributed by atoms with Gasteiger partial charge in [0.25, 0.3) is 5.91 Å². The van der Waals surface area contributed by atoms with E-state index in [0.717, 1.165) is 37.1 Å².